The van der Waals surface area contributed by atoms with Crippen molar-refractivity contribution in [3.8, 4) is 17.0 Å². The Morgan fingerprint density at radius 1 is 1.25 bits per heavy atom. The first-order valence-electron chi connectivity index (χ1n) is 12.3. The van der Waals surface area contributed by atoms with Crippen LogP contribution in [0.1, 0.15) is 48.7 Å². The van der Waals surface area contributed by atoms with Crippen LogP contribution in [0.4, 0.5) is 8.78 Å². The smallest absolute Gasteiger partial charge is 0.255 e. The summed E-state index contributed by atoms with van der Waals surface area (Å²) in [6.07, 6.45) is 2.84. The minimum absolute atomic E-state index is 0.0417. The van der Waals surface area contributed by atoms with Gasteiger partial charge in [0, 0.05) is 24.2 Å². The highest BCUT2D eigenvalue weighted by Crippen LogP contribution is 2.36. The number of hydrogen-bond acceptors (Lipinski definition) is 5. The van der Waals surface area contributed by atoms with Crippen molar-refractivity contribution in [1.82, 2.24) is 25.2 Å². The third-order valence-electron chi connectivity index (χ3n) is 6.88. The van der Waals surface area contributed by atoms with Crippen LogP contribution in [0.15, 0.2) is 24.5 Å². The Morgan fingerprint density at radius 3 is 2.78 bits per heavy atom. The molecule has 36 heavy (non-hydrogen) atoms. The number of fused-ring (bicyclic) bond motifs is 1. The number of hydrogen-bond donors (Lipinski definition) is 2. The van der Waals surface area contributed by atoms with Crippen molar-refractivity contribution in [2.45, 2.75) is 51.7 Å². The lowest BCUT2D eigenvalue weighted by Gasteiger charge is -2.35. The lowest BCUT2D eigenvalue weighted by atomic mass is 10.0. The monoisotopic (exact) mass is 497 g/mol. The Labute approximate surface area is 207 Å². The van der Waals surface area contributed by atoms with Gasteiger partial charge in [-0.25, -0.2) is 18.7 Å². The number of rotatable bonds is 7. The van der Waals surface area contributed by atoms with Crippen molar-refractivity contribution in [3.63, 3.8) is 0 Å². The summed E-state index contributed by atoms with van der Waals surface area (Å²) in [7, 11) is 0. The van der Waals surface area contributed by atoms with Gasteiger partial charge in [-0.15, -0.1) is 0 Å². The zero-order chi connectivity index (χ0) is 25.4. The van der Waals surface area contributed by atoms with Crippen LogP contribution in [-0.4, -0.2) is 63.6 Å². The Kier molecular flexibility index (Phi) is 6.59. The summed E-state index contributed by atoms with van der Waals surface area (Å²) in [5.41, 5.74) is 2.54. The maximum absolute atomic E-state index is 14.8. The van der Waals surface area contributed by atoms with Gasteiger partial charge in [0.15, 0.2) is 0 Å². The van der Waals surface area contributed by atoms with Gasteiger partial charge in [-0.2, -0.15) is 0 Å². The number of benzene rings is 1. The summed E-state index contributed by atoms with van der Waals surface area (Å²) < 4.78 is 35.0. The third-order valence-corrected chi connectivity index (χ3v) is 6.88. The molecule has 0 unspecified atom stereocenters. The average molecular weight is 498 g/mol. The highest BCUT2D eigenvalue weighted by molar-refractivity contribution is 6.09. The molecule has 2 aromatic heterocycles. The molecule has 1 saturated carbocycles. The summed E-state index contributed by atoms with van der Waals surface area (Å²) in [5.74, 6) is 0.0317. The van der Waals surface area contributed by atoms with Gasteiger partial charge in [0.2, 0.25) is 5.91 Å². The van der Waals surface area contributed by atoms with Gasteiger partial charge in [0.05, 0.1) is 30.3 Å². The summed E-state index contributed by atoms with van der Waals surface area (Å²) >= 11 is 0. The van der Waals surface area contributed by atoms with E-state index >= 15 is 0 Å². The van der Waals surface area contributed by atoms with Crippen LogP contribution in [0.25, 0.3) is 22.3 Å². The number of halogens is 2. The summed E-state index contributed by atoms with van der Waals surface area (Å²) in [6, 6.07) is 3.57. The molecule has 10 heteroatoms. The van der Waals surface area contributed by atoms with Crippen molar-refractivity contribution < 1.29 is 23.1 Å². The maximum atomic E-state index is 14.8. The molecule has 0 bridgehead atoms. The third kappa shape index (κ3) is 4.76. The molecule has 190 valence electrons. The number of aryl methyl sites for hydroxylation is 1. The molecular weight excluding hydrogens is 468 g/mol. The number of likely N-dealkylation sites (tertiary alicyclic amines) is 1. The van der Waals surface area contributed by atoms with E-state index < -0.39 is 23.9 Å². The fourth-order valence-electron chi connectivity index (χ4n) is 4.67. The molecular formula is C26H29F2N5O3. The highest BCUT2D eigenvalue weighted by Gasteiger charge is 2.33. The quantitative estimate of drug-likeness (QED) is 0.515. The van der Waals surface area contributed by atoms with E-state index in [9.17, 15) is 18.4 Å². The molecule has 2 amide bonds. The van der Waals surface area contributed by atoms with Crippen molar-refractivity contribution >= 4 is 22.8 Å². The first-order valence-corrected chi connectivity index (χ1v) is 12.3. The zero-order valence-corrected chi connectivity index (χ0v) is 20.3. The molecule has 2 atom stereocenters. The number of piperidine rings is 1. The molecule has 8 nitrogen and oxygen atoms in total. The number of aromatic amines is 1. The second-order valence-corrected chi connectivity index (χ2v) is 9.54. The summed E-state index contributed by atoms with van der Waals surface area (Å²) in [5, 5.41) is 2.78. The molecule has 5 rings (SSSR count). The number of carbonyl (C=O) groups excluding carboxylic acids is 2. The maximum Gasteiger partial charge on any atom is 0.255 e. The van der Waals surface area contributed by atoms with E-state index in [1.165, 1.54) is 23.4 Å². The van der Waals surface area contributed by atoms with Crippen LogP contribution in [0, 0.1) is 18.7 Å². The molecule has 3 aromatic rings. The van der Waals surface area contributed by atoms with Crippen molar-refractivity contribution in [2.75, 3.05) is 19.7 Å². The average Bonchev–Trinajstić information content (AvgIpc) is 3.63. The van der Waals surface area contributed by atoms with Gasteiger partial charge in [-0.05, 0) is 50.3 Å². The number of H-pyrrole nitrogens is 1. The molecule has 0 radical (unpaired) electrons. The lowest BCUT2D eigenvalue weighted by molar-refractivity contribution is -0.133. The molecule has 3 heterocycles. The fourth-order valence-corrected chi connectivity index (χ4v) is 4.67. The Morgan fingerprint density at radius 2 is 2.06 bits per heavy atom. The van der Waals surface area contributed by atoms with Crippen LogP contribution in [-0.2, 0) is 4.79 Å². The summed E-state index contributed by atoms with van der Waals surface area (Å²) in [6.45, 7) is 4.37. The molecule has 0 spiro atoms. The molecule has 2 aliphatic rings. The second kappa shape index (κ2) is 9.83. The van der Waals surface area contributed by atoms with Crippen LogP contribution in [0.2, 0.25) is 0 Å². The van der Waals surface area contributed by atoms with E-state index in [-0.39, 0.29) is 18.0 Å². The van der Waals surface area contributed by atoms with Gasteiger partial charge in [0.25, 0.3) is 5.91 Å². The molecule has 2 fully saturated rings. The topological polar surface area (TPSA) is 100 Å². The number of nitrogens with one attached hydrogen (secondary N) is 2. The predicted octanol–water partition coefficient (Wildman–Crippen LogP) is 3.94. The fraction of sp³-hybridized carbons (Fsp3) is 0.462. The largest absolute Gasteiger partial charge is 0.493 e. The van der Waals surface area contributed by atoms with Crippen LogP contribution in [0.3, 0.4) is 0 Å². The van der Waals surface area contributed by atoms with Crippen molar-refractivity contribution in [2.24, 2.45) is 5.92 Å². The Bertz CT molecular complexity index is 1310. The molecule has 2 N–H and O–H groups in total. The number of carbonyl (C=O) groups is 2. The van der Waals surface area contributed by atoms with E-state index in [1.54, 1.807) is 19.9 Å². The number of nitrogens with zero attached hydrogens (tertiary/aromatic N) is 3. The van der Waals surface area contributed by atoms with E-state index in [0.717, 1.165) is 12.8 Å². The van der Waals surface area contributed by atoms with E-state index in [0.29, 0.717) is 65.6 Å². The zero-order valence-electron chi connectivity index (χ0n) is 20.3. The minimum atomic E-state index is -1.37. The second-order valence-electron chi connectivity index (χ2n) is 9.54. The number of ether oxygens (including phenoxy) is 1. The van der Waals surface area contributed by atoms with Crippen LogP contribution < -0.4 is 10.1 Å². The lowest BCUT2D eigenvalue weighted by Crippen LogP contribution is -2.53. The van der Waals surface area contributed by atoms with Crippen LogP contribution >= 0.6 is 0 Å². The molecule has 1 aliphatic carbocycles. The minimum Gasteiger partial charge on any atom is -0.493 e. The predicted molar refractivity (Wildman–Crippen MR) is 130 cm³/mol. The molecule has 1 aliphatic heterocycles. The SMILES string of the molecule is CCC(=O)N1CC[C@@H](NC(=O)c2c(C)[nH]c3c(-c4cc(F)ccc4OCC4CC4)ncnc23)[C@@H](F)C1. The number of alkyl halides is 1. The highest BCUT2D eigenvalue weighted by atomic mass is 19.1. The van der Waals surface area contributed by atoms with Crippen molar-refractivity contribution in [3.05, 3.63) is 41.6 Å². The normalized spacial score (nSPS) is 19.9. The van der Waals surface area contributed by atoms with E-state index in [1.807, 2.05) is 0 Å². The van der Waals surface area contributed by atoms with E-state index in [2.05, 4.69) is 20.3 Å². The van der Waals surface area contributed by atoms with Crippen molar-refractivity contribution in [1.29, 1.82) is 0 Å². The van der Waals surface area contributed by atoms with Gasteiger partial charge < -0.3 is 19.9 Å². The van der Waals surface area contributed by atoms with Gasteiger partial charge in [-0.1, -0.05) is 6.92 Å². The first kappa shape index (κ1) is 24.1. The van der Waals surface area contributed by atoms with Crippen LogP contribution in [0.5, 0.6) is 5.75 Å². The number of amides is 2. The molecule has 1 aromatic carbocycles. The standard InChI is InChI=1S/C26H29F2N5O3/c1-3-21(34)33-9-8-19(18(28)11-33)32-26(35)22-14(2)31-25-23(29-13-30-24(22)25)17-10-16(27)6-7-20(17)36-12-15-4-5-15/h6-7,10,13,15,18-19,31H,3-5,8-9,11-12H2,1-2H3,(H,32,35)/t18-,19+/m0/s1. The van der Waals surface area contributed by atoms with Gasteiger partial charge >= 0.3 is 0 Å². The Hall–Kier alpha value is -3.56. The van der Waals surface area contributed by atoms with Gasteiger partial charge in [0.1, 0.15) is 35.3 Å². The first-order chi connectivity index (χ1) is 17.4. The summed E-state index contributed by atoms with van der Waals surface area (Å²) in [4.78, 5) is 38.5. The van der Waals surface area contributed by atoms with E-state index in [4.69, 9.17) is 4.74 Å². The molecule has 1 saturated heterocycles. The Balaban J connectivity index is 1.42. The van der Waals surface area contributed by atoms with Gasteiger partial charge in [-0.3, -0.25) is 9.59 Å². The number of aromatic nitrogens is 3.